The molecule has 0 saturated heterocycles. The van der Waals surface area contributed by atoms with Crippen LogP contribution < -0.4 is 16.5 Å². The first-order chi connectivity index (χ1) is 14.9. The quantitative estimate of drug-likeness (QED) is 0.269. The van der Waals surface area contributed by atoms with Gasteiger partial charge in [-0.15, -0.1) is 0 Å². The lowest BCUT2D eigenvalue weighted by molar-refractivity contribution is -0.135. The van der Waals surface area contributed by atoms with Crippen LogP contribution in [-0.2, 0) is 9.59 Å². The number of hydrazone groups is 1. The third-order valence-corrected chi connectivity index (χ3v) is 6.18. The fraction of sp³-hybridized carbons (Fsp3) is 0.381. The maximum absolute atomic E-state index is 11.4. The molecule has 1 unspecified atom stereocenters. The van der Waals surface area contributed by atoms with Gasteiger partial charge in [0.05, 0.1) is 17.3 Å². The van der Waals surface area contributed by atoms with Crippen LogP contribution in [0, 0.1) is 0 Å². The van der Waals surface area contributed by atoms with Gasteiger partial charge >= 0.3 is 11.9 Å². The minimum Gasteiger partial charge on any atom is -0.478 e. The first-order valence-electron chi connectivity index (χ1n) is 10.1. The number of benzene rings is 1. The predicted octanol–water partition coefficient (Wildman–Crippen LogP) is 1.81. The fourth-order valence-electron chi connectivity index (χ4n) is 3.40. The zero-order valence-corrected chi connectivity index (χ0v) is 17.9. The number of nitrogens with two attached hydrogens (primary N) is 1. The Morgan fingerprint density at radius 1 is 1.23 bits per heavy atom. The summed E-state index contributed by atoms with van der Waals surface area (Å²) in [6.45, 7) is 2.71. The Labute approximate surface area is 185 Å². The summed E-state index contributed by atoms with van der Waals surface area (Å²) in [5, 5.41) is 26.4. The molecule has 0 aromatic heterocycles. The second-order valence-corrected chi connectivity index (χ2v) is 8.68. The molecule has 0 bridgehead atoms. The zero-order chi connectivity index (χ0) is 22.3. The van der Waals surface area contributed by atoms with Crippen LogP contribution in [0.3, 0.4) is 0 Å². The van der Waals surface area contributed by atoms with Crippen molar-refractivity contribution in [2.75, 3.05) is 19.8 Å². The summed E-state index contributed by atoms with van der Waals surface area (Å²) in [7, 11) is 0. The molecule has 10 heteroatoms. The van der Waals surface area contributed by atoms with Gasteiger partial charge in [0.2, 0.25) is 0 Å². The number of carboxylic acids is 2. The third kappa shape index (κ3) is 6.33. The smallest absolute Gasteiger partial charge is 0.336 e. The van der Waals surface area contributed by atoms with Crippen molar-refractivity contribution in [3.05, 3.63) is 53.6 Å². The molecule has 2 aliphatic rings. The van der Waals surface area contributed by atoms with Gasteiger partial charge in [0.25, 0.3) is 0 Å². The minimum atomic E-state index is -1.57. The predicted molar refractivity (Wildman–Crippen MR) is 121 cm³/mol. The molecule has 31 heavy (non-hydrogen) atoms. The van der Waals surface area contributed by atoms with E-state index in [1.165, 1.54) is 11.3 Å². The summed E-state index contributed by atoms with van der Waals surface area (Å²) in [6.07, 6.45) is 6.40. The van der Waals surface area contributed by atoms with Crippen LogP contribution in [0.1, 0.15) is 31.2 Å². The van der Waals surface area contributed by atoms with Gasteiger partial charge in [0.1, 0.15) is 0 Å². The minimum absolute atomic E-state index is 0.440. The van der Waals surface area contributed by atoms with Gasteiger partial charge in [0, 0.05) is 24.9 Å². The summed E-state index contributed by atoms with van der Waals surface area (Å²) in [6, 6.07) is 10.3. The number of carboxylic acid groups (broad SMARTS) is 2. The summed E-state index contributed by atoms with van der Waals surface area (Å²) in [5.74, 6) is -2.75. The van der Waals surface area contributed by atoms with E-state index >= 15 is 0 Å². The average molecular weight is 446 g/mol. The Morgan fingerprint density at radius 3 is 2.65 bits per heavy atom. The molecule has 0 saturated carbocycles. The SMILES string of the molecule is NC1(C(=CC(=O)O)C(=O)O)NN=C(CCCCCN2CC=C(c3ccccc3)NC2)S1. The van der Waals surface area contributed by atoms with Gasteiger partial charge < -0.3 is 15.5 Å². The van der Waals surface area contributed by atoms with Gasteiger partial charge in [-0.3, -0.25) is 16.1 Å². The normalized spacial score (nSPS) is 21.6. The van der Waals surface area contributed by atoms with Crippen LogP contribution in [0.5, 0.6) is 0 Å². The first-order valence-corrected chi connectivity index (χ1v) is 10.9. The fourth-order valence-corrected chi connectivity index (χ4v) is 4.46. The van der Waals surface area contributed by atoms with Gasteiger partial charge in [-0.2, -0.15) is 5.10 Å². The summed E-state index contributed by atoms with van der Waals surface area (Å²) in [5.41, 5.74) is 10.5. The monoisotopic (exact) mass is 445 g/mol. The molecule has 9 nitrogen and oxygen atoms in total. The number of nitrogens with one attached hydrogen (secondary N) is 2. The second kappa shape index (κ2) is 10.5. The number of thioether (sulfide) groups is 1. The Balaban J connectivity index is 1.36. The molecule has 0 spiro atoms. The molecule has 1 aromatic carbocycles. The summed E-state index contributed by atoms with van der Waals surface area (Å²) >= 11 is 1.05. The molecule has 2 aliphatic heterocycles. The molecule has 3 rings (SSSR count). The molecule has 2 heterocycles. The van der Waals surface area contributed by atoms with Gasteiger partial charge in [0.15, 0.2) is 4.99 Å². The molecule has 0 aliphatic carbocycles. The molecule has 1 aromatic rings. The number of hydrogen-bond donors (Lipinski definition) is 5. The van der Waals surface area contributed by atoms with E-state index in [1.54, 1.807) is 0 Å². The van der Waals surface area contributed by atoms with Crippen molar-refractivity contribution < 1.29 is 19.8 Å². The first kappa shape index (κ1) is 22.9. The number of aliphatic carboxylic acids is 2. The average Bonchev–Trinajstić information content (AvgIpc) is 3.14. The van der Waals surface area contributed by atoms with Gasteiger partial charge in [-0.1, -0.05) is 48.5 Å². The van der Waals surface area contributed by atoms with Crippen molar-refractivity contribution >= 4 is 34.4 Å². The summed E-state index contributed by atoms with van der Waals surface area (Å²) < 4.78 is 0. The lowest BCUT2D eigenvalue weighted by Crippen LogP contribution is -2.49. The number of nitrogens with zero attached hydrogens (tertiary/aromatic N) is 2. The number of unbranched alkanes of at least 4 members (excludes halogenated alkanes) is 2. The van der Waals surface area contributed by atoms with Crippen LogP contribution in [0.4, 0.5) is 0 Å². The van der Waals surface area contributed by atoms with E-state index in [-0.39, 0.29) is 0 Å². The molecule has 0 amide bonds. The summed E-state index contributed by atoms with van der Waals surface area (Å²) in [4.78, 5) is 23.0. The van der Waals surface area contributed by atoms with E-state index in [0.29, 0.717) is 17.5 Å². The van der Waals surface area contributed by atoms with Gasteiger partial charge in [-0.25, -0.2) is 9.59 Å². The van der Waals surface area contributed by atoms with Crippen molar-refractivity contribution in [3.8, 4) is 0 Å². The highest BCUT2D eigenvalue weighted by Crippen LogP contribution is 2.33. The Kier molecular flexibility index (Phi) is 7.72. The highest BCUT2D eigenvalue weighted by Gasteiger charge is 2.40. The van der Waals surface area contributed by atoms with E-state index in [0.717, 1.165) is 50.8 Å². The molecule has 166 valence electrons. The Hall–Kier alpha value is -2.82. The lowest BCUT2D eigenvalue weighted by Gasteiger charge is -2.28. The van der Waals surface area contributed by atoms with E-state index in [1.807, 2.05) is 18.2 Å². The molecular formula is C21H27N5O4S. The van der Waals surface area contributed by atoms with Gasteiger partial charge in [-0.05, 0) is 30.9 Å². The number of hydrogen-bond acceptors (Lipinski definition) is 8. The van der Waals surface area contributed by atoms with E-state index in [4.69, 9.17) is 10.8 Å². The van der Waals surface area contributed by atoms with Crippen LogP contribution >= 0.6 is 11.8 Å². The van der Waals surface area contributed by atoms with E-state index < -0.39 is 22.5 Å². The van der Waals surface area contributed by atoms with Crippen molar-refractivity contribution in [1.82, 2.24) is 15.6 Å². The molecular weight excluding hydrogens is 418 g/mol. The maximum Gasteiger partial charge on any atom is 0.336 e. The van der Waals surface area contributed by atoms with Crippen molar-refractivity contribution in [2.24, 2.45) is 10.8 Å². The third-order valence-electron chi connectivity index (χ3n) is 5.02. The van der Waals surface area contributed by atoms with E-state index in [2.05, 4.69) is 39.0 Å². The number of rotatable bonds is 10. The van der Waals surface area contributed by atoms with Crippen molar-refractivity contribution in [1.29, 1.82) is 0 Å². The Bertz CT molecular complexity index is 902. The Morgan fingerprint density at radius 2 is 2.00 bits per heavy atom. The standard InChI is InChI=1S/C21H27N5O4S/c22-21(16(20(29)30)13-19(27)28)25-24-18(31-21)9-5-2-6-11-26-12-10-17(23-14-26)15-7-3-1-4-8-15/h1,3-4,7-8,10,13,23,25H,2,5-6,9,11-12,14,22H2,(H,27,28)(H,29,30). The highest BCUT2D eigenvalue weighted by molar-refractivity contribution is 8.15. The van der Waals surface area contributed by atoms with Crippen molar-refractivity contribution in [3.63, 3.8) is 0 Å². The highest BCUT2D eigenvalue weighted by atomic mass is 32.2. The largest absolute Gasteiger partial charge is 0.478 e. The topological polar surface area (TPSA) is 140 Å². The van der Waals surface area contributed by atoms with Crippen molar-refractivity contribution in [2.45, 2.75) is 30.7 Å². The van der Waals surface area contributed by atoms with Crippen LogP contribution in [0.15, 0.2) is 53.2 Å². The van der Waals surface area contributed by atoms with Crippen LogP contribution in [-0.4, -0.2) is 56.8 Å². The van der Waals surface area contributed by atoms with E-state index in [9.17, 15) is 14.7 Å². The second-order valence-electron chi connectivity index (χ2n) is 7.36. The zero-order valence-electron chi connectivity index (χ0n) is 17.1. The maximum atomic E-state index is 11.4. The molecule has 6 N–H and O–H groups in total. The molecule has 0 radical (unpaired) electrons. The molecule has 1 atom stereocenters. The van der Waals surface area contributed by atoms with Crippen LogP contribution in [0.2, 0.25) is 0 Å². The number of carbonyl (C=O) groups is 2. The van der Waals surface area contributed by atoms with Crippen LogP contribution in [0.25, 0.3) is 5.70 Å². The molecule has 0 fully saturated rings. The lowest BCUT2D eigenvalue weighted by atomic mass is 10.1.